The number of fused-ring (bicyclic) bond motifs is 2. The van der Waals surface area contributed by atoms with E-state index in [0.717, 1.165) is 0 Å². The van der Waals surface area contributed by atoms with Crippen LogP contribution >= 0.6 is 0 Å². The molecule has 0 aliphatic carbocycles. The Labute approximate surface area is 136 Å². The van der Waals surface area contributed by atoms with Crippen molar-refractivity contribution in [2.24, 2.45) is 5.11 Å². The first kappa shape index (κ1) is 15.1. The smallest absolute Gasteiger partial charge is 0.167 e. The second-order valence-corrected chi connectivity index (χ2v) is 6.13. The molecule has 11 heteroatoms. The van der Waals surface area contributed by atoms with Gasteiger partial charge >= 0.3 is 0 Å². The maximum atomic E-state index is 8.58. The summed E-state index contributed by atoms with van der Waals surface area (Å²) in [4.78, 5) is 15.2. The molecule has 0 bridgehead atoms. The Morgan fingerprint density at radius 3 is 2.92 bits per heavy atom. The van der Waals surface area contributed by atoms with Crippen molar-refractivity contribution in [3.8, 4) is 0 Å². The van der Waals surface area contributed by atoms with E-state index in [2.05, 4.69) is 25.0 Å². The van der Waals surface area contributed by atoms with Gasteiger partial charge in [-0.2, -0.15) is 0 Å². The lowest BCUT2D eigenvalue weighted by atomic mass is 10.1. The Morgan fingerprint density at radius 1 is 1.33 bits per heavy atom. The lowest BCUT2D eigenvalue weighted by molar-refractivity contribution is -0.195. The summed E-state index contributed by atoms with van der Waals surface area (Å²) in [5.74, 6) is -0.459. The average molecular weight is 332 g/mol. The van der Waals surface area contributed by atoms with Gasteiger partial charge in [-0.3, -0.25) is 4.57 Å². The lowest BCUT2D eigenvalue weighted by Gasteiger charge is -2.24. The van der Waals surface area contributed by atoms with Gasteiger partial charge in [-0.15, -0.1) is 0 Å². The molecule has 2 aromatic rings. The fourth-order valence-corrected chi connectivity index (χ4v) is 3.20. The van der Waals surface area contributed by atoms with E-state index >= 15 is 0 Å². The summed E-state index contributed by atoms with van der Waals surface area (Å²) in [7, 11) is 0. The summed E-state index contributed by atoms with van der Waals surface area (Å²) in [6, 6.07) is 0. The molecule has 2 aliphatic rings. The van der Waals surface area contributed by atoms with Crippen LogP contribution in [0, 0.1) is 0 Å². The molecule has 24 heavy (non-hydrogen) atoms. The summed E-state index contributed by atoms with van der Waals surface area (Å²) >= 11 is 0. The molecule has 0 radical (unpaired) electrons. The molecule has 0 spiro atoms. The Bertz CT molecular complexity index is 830. The quantitative estimate of drug-likeness (QED) is 0.503. The molecule has 126 valence electrons. The SMILES string of the molecule is CC1(C)OC2C(O1)[C@@H](CN=[N+]=[N-])O[C@H]2n1cnc2c(N)ncnc21. The van der Waals surface area contributed by atoms with Crippen LogP contribution in [-0.2, 0) is 14.2 Å². The van der Waals surface area contributed by atoms with Crippen LogP contribution in [0.15, 0.2) is 17.8 Å². The van der Waals surface area contributed by atoms with Gasteiger partial charge in [0.05, 0.1) is 19.0 Å². The topological polar surface area (TPSA) is 146 Å². The third-order valence-corrected chi connectivity index (χ3v) is 4.11. The molecule has 2 N–H and O–H groups in total. The van der Waals surface area contributed by atoms with Gasteiger partial charge in [0.2, 0.25) is 0 Å². The molecule has 2 aliphatic heterocycles. The molecule has 4 heterocycles. The molecule has 11 nitrogen and oxygen atoms in total. The molecule has 2 saturated heterocycles. The number of nitrogens with two attached hydrogens (primary N) is 1. The number of rotatable bonds is 3. The number of hydrogen-bond donors (Lipinski definition) is 1. The largest absolute Gasteiger partial charge is 0.382 e. The maximum absolute atomic E-state index is 8.58. The fraction of sp³-hybridized carbons (Fsp3) is 0.615. The number of imidazole rings is 1. The predicted octanol–water partition coefficient (Wildman–Crippen LogP) is 1.14. The Kier molecular flexibility index (Phi) is 3.32. The van der Waals surface area contributed by atoms with Crippen LogP contribution in [0.4, 0.5) is 5.82 Å². The van der Waals surface area contributed by atoms with E-state index in [1.807, 2.05) is 13.8 Å². The van der Waals surface area contributed by atoms with Crippen LogP contribution in [0.1, 0.15) is 20.1 Å². The van der Waals surface area contributed by atoms with Crippen LogP contribution < -0.4 is 5.73 Å². The van der Waals surface area contributed by atoms with Crippen molar-refractivity contribution in [2.45, 2.75) is 44.2 Å². The average Bonchev–Trinajstić information content (AvgIpc) is 3.17. The van der Waals surface area contributed by atoms with Gasteiger partial charge in [0, 0.05) is 4.91 Å². The maximum Gasteiger partial charge on any atom is 0.167 e. The third-order valence-electron chi connectivity index (χ3n) is 4.11. The first-order chi connectivity index (χ1) is 11.5. The highest BCUT2D eigenvalue weighted by Gasteiger charge is 2.55. The molecule has 2 fully saturated rings. The molecule has 0 saturated carbocycles. The van der Waals surface area contributed by atoms with Gasteiger partial charge in [-0.25, -0.2) is 15.0 Å². The number of anilines is 1. The molecule has 4 atom stereocenters. The van der Waals surface area contributed by atoms with Crippen LogP contribution in [0.2, 0.25) is 0 Å². The van der Waals surface area contributed by atoms with Gasteiger partial charge in [0.25, 0.3) is 0 Å². The van der Waals surface area contributed by atoms with Crippen LogP contribution in [-0.4, -0.2) is 50.2 Å². The normalized spacial score (nSPS) is 31.1. The van der Waals surface area contributed by atoms with Gasteiger partial charge in [0.15, 0.2) is 23.5 Å². The molecule has 2 unspecified atom stereocenters. The van der Waals surface area contributed by atoms with E-state index < -0.39 is 18.1 Å². The summed E-state index contributed by atoms with van der Waals surface area (Å²) < 4.78 is 19.7. The molecule has 2 aromatic heterocycles. The van der Waals surface area contributed by atoms with E-state index in [9.17, 15) is 0 Å². The minimum atomic E-state index is -0.754. The first-order valence-electron chi connectivity index (χ1n) is 7.45. The van der Waals surface area contributed by atoms with Gasteiger partial charge in [0.1, 0.15) is 24.1 Å². The van der Waals surface area contributed by atoms with Crippen molar-refractivity contribution >= 4 is 17.0 Å². The highest BCUT2D eigenvalue weighted by Crippen LogP contribution is 2.43. The van der Waals surface area contributed by atoms with Crippen LogP contribution in [0.25, 0.3) is 21.6 Å². The zero-order valence-corrected chi connectivity index (χ0v) is 13.1. The van der Waals surface area contributed by atoms with Crippen LogP contribution in [0.5, 0.6) is 0 Å². The van der Waals surface area contributed by atoms with Crippen molar-refractivity contribution < 1.29 is 14.2 Å². The standard InChI is InChI=1S/C13H16N8O3/c1-13(2)23-8-6(3-19-20-15)22-12(9(8)24-13)21-5-18-7-10(14)16-4-17-11(7)21/h4-6,8-9,12H,3H2,1-2H3,(H2,14,16,17)/t6-,8?,9?,12-/m1/s1. The predicted molar refractivity (Wildman–Crippen MR) is 81.5 cm³/mol. The Hall–Kier alpha value is -2.46. The minimum absolute atomic E-state index is 0.150. The molecule has 0 amide bonds. The summed E-state index contributed by atoms with van der Waals surface area (Å²) in [6.07, 6.45) is 1.28. The number of nitrogen functional groups attached to an aromatic ring is 1. The minimum Gasteiger partial charge on any atom is -0.382 e. The first-order valence-corrected chi connectivity index (χ1v) is 7.45. The monoisotopic (exact) mass is 332 g/mol. The van der Waals surface area contributed by atoms with E-state index in [1.165, 1.54) is 6.33 Å². The number of nitrogens with zero attached hydrogens (tertiary/aromatic N) is 7. The van der Waals surface area contributed by atoms with Crippen molar-refractivity contribution in [3.63, 3.8) is 0 Å². The van der Waals surface area contributed by atoms with E-state index in [-0.39, 0.29) is 18.8 Å². The van der Waals surface area contributed by atoms with Crippen molar-refractivity contribution in [3.05, 3.63) is 23.1 Å². The van der Waals surface area contributed by atoms with Gasteiger partial charge < -0.3 is 19.9 Å². The highest BCUT2D eigenvalue weighted by molar-refractivity contribution is 5.81. The van der Waals surface area contributed by atoms with Crippen molar-refractivity contribution in [1.82, 2.24) is 19.5 Å². The zero-order chi connectivity index (χ0) is 16.9. The number of ether oxygens (including phenoxy) is 3. The summed E-state index contributed by atoms with van der Waals surface area (Å²) in [6.45, 7) is 3.82. The second kappa shape index (κ2) is 5.28. The number of azide groups is 1. The molecule has 4 rings (SSSR count). The van der Waals surface area contributed by atoms with Crippen molar-refractivity contribution in [2.75, 3.05) is 12.3 Å². The lowest BCUT2D eigenvalue weighted by Crippen LogP contribution is -2.31. The number of hydrogen-bond acceptors (Lipinski definition) is 8. The van der Waals surface area contributed by atoms with E-state index in [0.29, 0.717) is 17.0 Å². The summed E-state index contributed by atoms with van der Waals surface area (Å²) in [5.41, 5.74) is 15.4. The van der Waals surface area contributed by atoms with Crippen LogP contribution in [0.3, 0.4) is 0 Å². The van der Waals surface area contributed by atoms with E-state index in [4.69, 9.17) is 25.5 Å². The molecule has 0 aromatic carbocycles. The summed E-state index contributed by atoms with van der Waals surface area (Å²) in [5, 5.41) is 3.60. The Morgan fingerprint density at radius 2 is 2.12 bits per heavy atom. The van der Waals surface area contributed by atoms with E-state index in [1.54, 1.807) is 10.9 Å². The highest BCUT2D eigenvalue weighted by atomic mass is 16.8. The zero-order valence-electron chi connectivity index (χ0n) is 13.1. The third kappa shape index (κ3) is 2.26. The Balaban J connectivity index is 1.74. The van der Waals surface area contributed by atoms with Crippen molar-refractivity contribution in [1.29, 1.82) is 0 Å². The molecular weight excluding hydrogens is 316 g/mol. The second-order valence-electron chi connectivity index (χ2n) is 6.13. The van der Waals surface area contributed by atoms with Gasteiger partial charge in [-0.1, -0.05) is 5.11 Å². The number of aromatic nitrogens is 4. The molecular formula is C13H16N8O3. The fourth-order valence-electron chi connectivity index (χ4n) is 3.20. The van der Waals surface area contributed by atoms with Gasteiger partial charge in [-0.05, 0) is 19.4 Å².